The fraction of sp³-hybridized carbons (Fsp3) is 0.111. The van der Waals surface area contributed by atoms with Crippen molar-refractivity contribution in [2.75, 3.05) is 0 Å². The standard InChI is InChI=1S/C9H8BrN3O/c10-7-4-2-1-3-6(7)9-11-8(5-14)12-13-9/h1-4,14H,5H2,(H,11,12,13). The molecule has 0 aliphatic carbocycles. The van der Waals surface area contributed by atoms with Crippen LogP contribution in [0.5, 0.6) is 0 Å². The van der Waals surface area contributed by atoms with Gasteiger partial charge in [0.15, 0.2) is 11.6 Å². The van der Waals surface area contributed by atoms with Crippen molar-refractivity contribution in [3.63, 3.8) is 0 Å². The van der Waals surface area contributed by atoms with E-state index in [0.29, 0.717) is 11.6 Å². The Bertz CT molecular complexity index is 441. The first-order valence-electron chi connectivity index (χ1n) is 4.08. The van der Waals surface area contributed by atoms with Crippen molar-refractivity contribution in [2.45, 2.75) is 6.61 Å². The zero-order valence-electron chi connectivity index (χ0n) is 7.24. The van der Waals surface area contributed by atoms with Crippen molar-refractivity contribution >= 4 is 15.9 Å². The Morgan fingerprint density at radius 3 is 2.79 bits per heavy atom. The van der Waals surface area contributed by atoms with Crippen LogP contribution >= 0.6 is 15.9 Å². The van der Waals surface area contributed by atoms with E-state index < -0.39 is 0 Å². The Balaban J connectivity index is 2.44. The predicted octanol–water partition coefficient (Wildman–Crippen LogP) is 1.73. The molecule has 0 bridgehead atoms. The molecule has 72 valence electrons. The van der Waals surface area contributed by atoms with Gasteiger partial charge in [-0.3, -0.25) is 5.10 Å². The van der Waals surface area contributed by atoms with Crippen LogP contribution in [0.25, 0.3) is 11.4 Å². The summed E-state index contributed by atoms with van der Waals surface area (Å²) in [4.78, 5) is 4.11. The highest BCUT2D eigenvalue weighted by atomic mass is 79.9. The monoisotopic (exact) mass is 253 g/mol. The number of nitrogens with zero attached hydrogens (tertiary/aromatic N) is 2. The highest BCUT2D eigenvalue weighted by Crippen LogP contribution is 2.24. The molecule has 0 aliphatic rings. The summed E-state index contributed by atoms with van der Waals surface area (Å²) in [6.07, 6.45) is 0. The van der Waals surface area contributed by atoms with Crippen molar-refractivity contribution in [3.8, 4) is 11.4 Å². The van der Waals surface area contributed by atoms with Crippen LogP contribution in [0.2, 0.25) is 0 Å². The summed E-state index contributed by atoms with van der Waals surface area (Å²) >= 11 is 3.41. The number of aliphatic hydroxyl groups excluding tert-OH is 1. The molecule has 0 spiro atoms. The molecule has 0 amide bonds. The third-order valence-corrected chi connectivity index (χ3v) is 2.49. The molecule has 14 heavy (non-hydrogen) atoms. The summed E-state index contributed by atoms with van der Waals surface area (Å²) in [6, 6.07) is 7.67. The van der Waals surface area contributed by atoms with Crippen LogP contribution in [0.15, 0.2) is 28.7 Å². The van der Waals surface area contributed by atoms with Gasteiger partial charge in [0.05, 0.1) is 0 Å². The van der Waals surface area contributed by atoms with E-state index >= 15 is 0 Å². The number of rotatable bonds is 2. The SMILES string of the molecule is OCc1nc(-c2ccccc2Br)n[nH]1. The zero-order chi connectivity index (χ0) is 9.97. The van der Waals surface area contributed by atoms with Gasteiger partial charge in [0.25, 0.3) is 0 Å². The molecular formula is C9H8BrN3O. The second-order valence-corrected chi connectivity index (χ2v) is 3.60. The lowest BCUT2D eigenvalue weighted by atomic mass is 10.2. The van der Waals surface area contributed by atoms with Gasteiger partial charge in [-0.2, -0.15) is 5.10 Å². The third kappa shape index (κ3) is 1.69. The molecular weight excluding hydrogens is 246 g/mol. The summed E-state index contributed by atoms with van der Waals surface area (Å²) in [5.41, 5.74) is 0.906. The van der Waals surface area contributed by atoms with Gasteiger partial charge in [0.1, 0.15) is 6.61 Å². The van der Waals surface area contributed by atoms with E-state index in [1.807, 2.05) is 24.3 Å². The molecule has 0 saturated heterocycles. The second-order valence-electron chi connectivity index (χ2n) is 2.74. The average Bonchev–Trinajstić information content (AvgIpc) is 2.67. The van der Waals surface area contributed by atoms with Gasteiger partial charge in [-0.15, -0.1) is 0 Å². The molecule has 0 aliphatic heterocycles. The number of H-pyrrole nitrogens is 1. The van der Waals surface area contributed by atoms with E-state index in [2.05, 4.69) is 31.1 Å². The van der Waals surface area contributed by atoms with Crippen LogP contribution in [0.1, 0.15) is 5.82 Å². The zero-order valence-corrected chi connectivity index (χ0v) is 8.82. The Labute approximate surface area is 89.1 Å². The smallest absolute Gasteiger partial charge is 0.182 e. The molecule has 1 aromatic heterocycles. The number of aromatic amines is 1. The summed E-state index contributed by atoms with van der Waals surface area (Å²) in [7, 11) is 0. The minimum atomic E-state index is -0.128. The summed E-state index contributed by atoms with van der Waals surface area (Å²) in [6.45, 7) is -0.128. The lowest BCUT2D eigenvalue weighted by Crippen LogP contribution is -1.85. The van der Waals surface area contributed by atoms with E-state index in [1.54, 1.807) is 0 Å². The molecule has 0 radical (unpaired) electrons. The van der Waals surface area contributed by atoms with Gasteiger partial charge < -0.3 is 5.11 Å². The van der Waals surface area contributed by atoms with Crippen LogP contribution in [0, 0.1) is 0 Å². The van der Waals surface area contributed by atoms with Gasteiger partial charge in [0.2, 0.25) is 0 Å². The van der Waals surface area contributed by atoms with Crippen LogP contribution in [-0.2, 0) is 6.61 Å². The van der Waals surface area contributed by atoms with Gasteiger partial charge in [-0.05, 0) is 12.1 Å². The van der Waals surface area contributed by atoms with Gasteiger partial charge in [-0.25, -0.2) is 4.98 Å². The molecule has 0 unspecified atom stereocenters. The number of benzene rings is 1. The average molecular weight is 254 g/mol. The fourth-order valence-electron chi connectivity index (χ4n) is 1.13. The van der Waals surface area contributed by atoms with Crippen molar-refractivity contribution in [2.24, 2.45) is 0 Å². The molecule has 1 heterocycles. The highest BCUT2D eigenvalue weighted by Gasteiger charge is 2.07. The van der Waals surface area contributed by atoms with Crippen LogP contribution in [0.3, 0.4) is 0 Å². The fourth-order valence-corrected chi connectivity index (χ4v) is 1.59. The number of aliphatic hydroxyl groups is 1. The first-order valence-corrected chi connectivity index (χ1v) is 4.87. The Hall–Kier alpha value is -1.20. The van der Waals surface area contributed by atoms with Crippen LogP contribution in [-0.4, -0.2) is 20.3 Å². The molecule has 5 heteroatoms. The molecule has 0 saturated carbocycles. The third-order valence-electron chi connectivity index (χ3n) is 1.80. The quantitative estimate of drug-likeness (QED) is 0.857. The number of nitrogens with one attached hydrogen (secondary N) is 1. The molecule has 1 aromatic carbocycles. The van der Waals surface area contributed by atoms with E-state index in [0.717, 1.165) is 10.0 Å². The second kappa shape index (κ2) is 3.89. The van der Waals surface area contributed by atoms with Crippen molar-refractivity contribution in [3.05, 3.63) is 34.6 Å². The minimum absolute atomic E-state index is 0.128. The van der Waals surface area contributed by atoms with Crippen molar-refractivity contribution in [1.29, 1.82) is 0 Å². The van der Waals surface area contributed by atoms with Gasteiger partial charge >= 0.3 is 0 Å². The first kappa shape index (κ1) is 9.36. The van der Waals surface area contributed by atoms with Gasteiger partial charge in [-0.1, -0.05) is 28.1 Å². The van der Waals surface area contributed by atoms with Crippen molar-refractivity contribution < 1.29 is 5.11 Å². The van der Waals surface area contributed by atoms with E-state index in [4.69, 9.17) is 5.11 Å². The summed E-state index contributed by atoms with van der Waals surface area (Å²) in [5, 5.41) is 15.5. The molecule has 2 aromatic rings. The topological polar surface area (TPSA) is 61.8 Å². The molecule has 2 N–H and O–H groups in total. The normalized spacial score (nSPS) is 10.4. The Morgan fingerprint density at radius 2 is 2.14 bits per heavy atom. The van der Waals surface area contributed by atoms with Crippen LogP contribution in [0.4, 0.5) is 0 Å². The first-order chi connectivity index (χ1) is 6.81. The van der Waals surface area contributed by atoms with Crippen LogP contribution < -0.4 is 0 Å². The highest BCUT2D eigenvalue weighted by molar-refractivity contribution is 9.10. The van der Waals surface area contributed by atoms with E-state index in [9.17, 15) is 0 Å². The minimum Gasteiger partial charge on any atom is -0.388 e. The molecule has 0 fully saturated rings. The number of halogens is 1. The number of hydrogen-bond acceptors (Lipinski definition) is 3. The largest absolute Gasteiger partial charge is 0.388 e. The predicted molar refractivity (Wildman–Crippen MR) is 55.4 cm³/mol. The molecule has 2 rings (SSSR count). The summed E-state index contributed by atoms with van der Waals surface area (Å²) < 4.78 is 0.934. The maximum Gasteiger partial charge on any atom is 0.182 e. The van der Waals surface area contributed by atoms with E-state index in [1.165, 1.54) is 0 Å². The summed E-state index contributed by atoms with van der Waals surface area (Å²) in [5.74, 6) is 1.05. The number of hydrogen-bond donors (Lipinski definition) is 2. The lowest BCUT2D eigenvalue weighted by Gasteiger charge is -1.96. The molecule has 0 atom stereocenters. The Morgan fingerprint density at radius 1 is 1.36 bits per heavy atom. The number of aromatic nitrogens is 3. The van der Waals surface area contributed by atoms with Gasteiger partial charge in [0, 0.05) is 10.0 Å². The lowest BCUT2D eigenvalue weighted by molar-refractivity contribution is 0.272. The maximum atomic E-state index is 8.82. The molecule has 4 nitrogen and oxygen atoms in total. The maximum absolute atomic E-state index is 8.82. The van der Waals surface area contributed by atoms with Crippen molar-refractivity contribution in [1.82, 2.24) is 15.2 Å². The Kier molecular flexibility index (Phi) is 2.60. The van der Waals surface area contributed by atoms with E-state index in [-0.39, 0.29) is 6.61 Å².